The van der Waals surface area contributed by atoms with Crippen LogP contribution in [-0.2, 0) is 10.3 Å². The van der Waals surface area contributed by atoms with Crippen LogP contribution in [0, 0.1) is 11.6 Å². The van der Waals surface area contributed by atoms with Crippen LogP contribution in [0.3, 0.4) is 0 Å². The lowest BCUT2D eigenvalue weighted by atomic mass is 9.74. The second-order valence-corrected chi connectivity index (χ2v) is 8.35. The van der Waals surface area contributed by atoms with E-state index in [1.807, 2.05) is 24.3 Å². The van der Waals surface area contributed by atoms with Crippen molar-refractivity contribution in [3.63, 3.8) is 0 Å². The molecule has 2 aromatic carbocycles. The molecule has 3 atom stereocenters. The molecule has 4 rings (SSSR count). The minimum absolute atomic E-state index is 0.00462. The number of carbonyl (C=O) groups is 1. The molecule has 2 aliphatic heterocycles. The second kappa shape index (κ2) is 7.38. The van der Waals surface area contributed by atoms with Crippen LogP contribution >= 0.6 is 0 Å². The van der Waals surface area contributed by atoms with E-state index >= 15 is 0 Å². The number of hydrogen-bond donors (Lipinski definition) is 1. The van der Waals surface area contributed by atoms with Gasteiger partial charge < -0.3 is 10.6 Å². The summed E-state index contributed by atoms with van der Waals surface area (Å²) in [6, 6.07) is 11.6. The van der Waals surface area contributed by atoms with Gasteiger partial charge in [0.05, 0.1) is 5.92 Å². The number of anilines is 1. The molecule has 2 heterocycles. The van der Waals surface area contributed by atoms with Crippen LogP contribution in [0.15, 0.2) is 47.5 Å². The number of guanidine groups is 1. The van der Waals surface area contributed by atoms with E-state index < -0.39 is 23.1 Å². The third-order valence-electron chi connectivity index (χ3n) is 6.42. The molecule has 1 unspecified atom stereocenters. The highest BCUT2D eigenvalue weighted by molar-refractivity contribution is 6.02. The van der Waals surface area contributed by atoms with Gasteiger partial charge in [-0.15, -0.1) is 0 Å². The molecule has 158 valence electrons. The number of likely N-dealkylation sites (N-methyl/N-ethyl adjacent to an activating group) is 1. The van der Waals surface area contributed by atoms with Gasteiger partial charge in [-0.25, -0.2) is 13.8 Å². The smallest absolute Gasteiger partial charge is 0.239 e. The van der Waals surface area contributed by atoms with Gasteiger partial charge in [-0.05, 0) is 50.5 Å². The molecule has 2 aliphatic rings. The topological polar surface area (TPSA) is 61.9 Å². The maximum Gasteiger partial charge on any atom is 0.239 e. The zero-order valence-corrected chi connectivity index (χ0v) is 17.4. The fourth-order valence-electron chi connectivity index (χ4n) is 4.68. The van der Waals surface area contributed by atoms with Gasteiger partial charge in [0, 0.05) is 37.0 Å². The number of nitrogens with zero attached hydrogens (tertiary/aromatic N) is 3. The zero-order chi connectivity index (χ0) is 21.6. The van der Waals surface area contributed by atoms with Gasteiger partial charge in [-0.1, -0.05) is 18.2 Å². The summed E-state index contributed by atoms with van der Waals surface area (Å²) in [5.41, 5.74) is 6.62. The number of carbonyl (C=O) groups excluding carboxylic acids is 1. The molecule has 5 nitrogen and oxygen atoms in total. The Morgan fingerprint density at radius 2 is 1.87 bits per heavy atom. The molecule has 0 radical (unpaired) electrons. The van der Waals surface area contributed by atoms with Gasteiger partial charge in [0.2, 0.25) is 5.91 Å². The summed E-state index contributed by atoms with van der Waals surface area (Å²) >= 11 is 0. The van der Waals surface area contributed by atoms with Crippen LogP contribution in [0.5, 0.6) is 0 Å². The predicted molar refractivity (Wildman–Crippen MR) is 113 cm³/mol. The van der Waals surface area contributed by atoms with E-state index in [1.54, 1.807) is 14.0 Å². The van der Waals surface area contributed by atoms with Crippen molar-refractivity contribution in [2.75, 3.05) is 18.5 Å². The summed E-state index contributed by atoms with van der Waals surface area (Å²) in [4.78, 5) is 21.4. The van der Waals surface area contributed by atoms with Gasteiger partial charge in [0.1, 0.15) is 17.2 Å². The number of hydrogen-bond acceptors (Lipinski definition) is 4. The second-order valence-electron chi connectivity index (χ2n) is 8.35. The van der Waals surface area contributed by atoms with Crippen molar-refractivity contribution >= 4 is 17.6 Å². The Bertz CT molecular complexity index is 1010. The van der Waals surface area contributed by atoms with E-state index in [1.165, 1.54) is 17.0 Å². The van der Waals surface area contributed by atoms with Crippen molar-refractivity contribution in [2.45, 2.75) is 44.2 Å². The Morgan fingerprint density at radius 1 is 1.17 bits per heavy atom. The SMILES string of the molecule is CC1CCCN1c1ccc([C@@H]2C(=O)N(C)C(N)=N[C@]2(C)c2ccc(F)cc2F)cc1. The Morgan fingerprint density at radius 3 is 2.47 bits per heavy atom. The summed E-state index contributed by atoms with van der Waals surface area (Å²) in [7, 11) is 1.55. The lowest BCUT2D eigenvalue weighted by Crippen LogP contribution is -2.52. The summed E-state index contributed by atoms with van der Waals surface area (Å²) < 4.78 is 28.3. The largest absolute Gasteiger partial charge is 0.369 e. The molecule has 1 amide bonds. The number of amides is 1. The van der Waals surface area contributed by atoms with Crippen LogP contribution in [-0.4, -0.2) is 36.4 Å². The van der Waals surface area contributed by atoms with Crippen LogP contribution in [0.4, 0.5) is 14.5 Å². The van der Waals surface area contributed by atoms with Gasteiger partial charge in [-0.2, -0.15) is 0 Å². The monoisotopic (exact) mass is 412 g/mol. The molecule has 0 spiro atoms. The van der Waals surface area contributed by atoms with E-state index in [-0.39, 0.29) is 17.4 Å². The van der Waals surface area contributed by atoms with Crippen molar-refractivity contribution in [1.29, 1.82) is 0 Å². The Labute approximate surface area is 175 Å². The van der Waals surface area contributed by atoms with E-state index in [2.05, 4.69) is 16.8 Å². The molecule has 0 bridgehead atoms. The minimum atomic E-state index is -1.30. The Balaban J connectivity index is 1.80. The third kappa shape index (κ3) is 3.22. The molecule has 0 aliphatic carbocycles. The number of rotatable bonds is 3. The van der Waals surface area contributed by atoms with E-state index in [9.17, 15) is 13.6 Å². The number of benzene rings is 2. The normalized spacial score (nSPS) is 26.8. The lowest BCUT2D eigenvalue weighted by molar-refractivity contribution is -0.130. The van der Waals surface area contributed by atoms with E-state index in [4.69, 9.17) is 5.73 Å². The Kier molecular flexibility index (Phi) is 5.00. The van der Waals surface area contributed by atoms with Crippen molar-refractivity contribution in [2.24, 2.45) is 10.7 Å². The number of nitrogens with two attached hydrogens (primary N) is 1. The van der Waals surface area contributed by atoms with Gasteiger partial charge in [-0.3, -0.25) is 9.69 Å². The maximum atomic E-state index is 14.8. The standard InChI is InChI=1S/C23H26F2N4O/c1-14-5-4-12-29(14)17-9-6-15(7-10-17)20-21(30)28(3)22(26)27-23(20,2)18-11-8-16(24)13-19(18)25/h6-11,13-14,20H,4-5,12H2,1-3H3,(H2,26,27)/t14?,20-,23-/m1/s1. The van der Waals surface area contributed by atoms with Gasteiger partial charge in [0.25, 0.3) is 0 Å². The Hall–Kier alpha value is -2.96. The molecule has 7 heteroatoms. The van der Waals surface area contributed by atoms with E-state index in [0.29, 0.717) is 11.6 Å². The first-order valence-electron chi connectivity index (χ1n) is 10.2. The van der Waals surface area contributed by atoms with Gasteiger partial charge >= 0.3 is 0 Å². The van der Waals surface area contributed by atoms with E-state index in [0.717, 1.165) is 31.1 Å². The first kappa shape index (κ1) is 20.3. The summed E-state index contributed by atoms with van der Waals surface area (Å²) in [6.07, 6.45) is 2.31. The molecule has 30 heavy (non-hydrogen) atoms. The molecule has 1 saturated heterocycles. The van der Waals surface area contributed by atoms with Crippen LogP contribution in [0.2, 0.25) is 0 Å². The predicted octanol–water partition coefficient (Wildman–Crippen LogP) is 3.74. The first-order valence-corrected chi connectivity index (χ1v) is 10.2. The summed E-state index contributed by atoms with van der Waals surface area (Å²) in [5, 5.41) is 0. The quantitative estimate of drug-likeness (QED) is 0.836. The van der Waals surface area contributed by atoms with Crippen molar-refractivity contribution < 1.29 is 13.6 Å². The molecule has 2 aromatic rings. The average molecular weight is 412 g/mol. The molecule has 0 saturated carbocycles. The maximum absolute atomic E-state index is 14.8. The average Bonchev–Trinajstić information content (AvgIpc) is 3.12. The minimum Gasteiger partial charge on any atom is -0.369 e. The molecular weight excluding hydrogens is 386 g/mol. The summed E-state index contributed by atoms with van der Waals surface area (Å²) in [6.45, 7) is 4.87. The molecular formula is C23H26F2N4O. The molecule has 2 N–H and O–H groups in total. The fourth-order valence-corrected chi connectivity index (χ4v) is 4.68. The van der Waals surface area contributed by atoms with Crippen molar-refractivity contribution in [1.82, 2.24) is 4.90 Å². The van der Waals surface area contributed by atoms with Gasteiger partial charge in [0.15, 0.2) is 5.96 Å². The van der Waals surface area contributed by atoms with Crippen LogP contribution in [0.1, 0.15) is 43.7 Å². The van der Waals surface area contributed by atoms with Crippen LogP contribution in [0.25, 0.3) is 0 Å². The first-order chi connectivity index (χ1) is 14.2. The molecule has 1 fully saturated rings. The lowest BCUT2D eigenvalue weighted by Gasteiger charge is -2.41. The van der Waals surface area contributed by atoms with Crippen molar-refractivity contribution in [3.05, 3.63) is 65.2 Å². The van der Waals surface area contributed by atoms with Crippen LogP contribution < -0.4 is 10.6 Å². The summed E-state index contributed by atoms with van der Waals surface area (Å²) in [5.74, 6) is -2.50. The zero-order valence-electron chi connectivity index (χ0n) is 17.4. The number of aliphatic imine (C=N–C) groups is 1. The third-order valence-corrected chi connectivity index (χ3v) is 6.42. The highest BCUT2D eigenvalue weighted by atomic mass is 19.1. The van der Waals surface area contributed by atoms with Crippen molar-refractivity contribution in [3.8, 4) is 0 Å². The number of halogens is 2. The highest BCUT2D eigenvalue weighted by Gasteiger charge is 2.48. The molecule has 0 aromatic heterocycles. The highest BCUT2D eigenvalue weighted by Crippen LogP contribution is 2.45. The fraction of sp³-hybridized carbons (Fsp3) is 0.391.